The third kappa shape index (κ3) is 4.72. The van der Waals surface area contributed by atoms with E-state index < -0.39 is 0 Å². The summed E-state index contributed by atoms with van der Waals surface area (Å²) in [4.78, 5) is 0. The van der Waals surface area contributed by atoms with E-state index in [1.165, 1.54) is 11.1 Å². The molecule has 0 nitrogen and oxygen atoms in total. The van der Waals surface area contributed by atoms with E-state index >= 15 is 0 Å². The topological polar surface area (TPSA) is 0 Å². The summed E-state index contributed by atoms with van der Waals surface area (Å²) in [6, 6.07) is 0. The average Bonchev–Trinajstić information content (AvgIpc) is 2.33. The summed E-state index contributed by atoms with van der Waals surface area (Å²) < 4.78 is 0. The normalized spacial score (nSPS) is 15.5. The maximum Gasteiger partial charge on any atom is -0.0130 e. The van der Waals surface area contributed by atoms with Gasteiger partial charge in [0.05, 0.1) is 0 Å². The monoisotopic (exact) mass is 178 g/mol. The van der Waals surface area contributed by atoms with Crippen molar-refractivity contribution in [3.05, 3.63) is 35.5 Å². The molecule has 0 saturated carbocycles. The standard InChI is InChI=1S/C11H16.C2H6/c1-9(2)11-6-4-5-10(3)7-8-11;1-2/h4-5,7-9H,6H2,1-3H3;1-2H3. The smallest absolute Gasteiger partial charge is 0.0130 e. The van der Waals surface area contributed by atoms with Crippen molar-refractivity contribution >= 4 is 0 Å². The molecule has 0 heterocycles. The molecule has 0 N–H and O–H groups in total. The summed E-state index contributed by atoms with van der Waals surface area (Å²) in [5.74, 6) is 0.682. The Balaban J connectivity index is 0.000000671. The highest BCUT2D eigenvalue weighted by atomic mass is 14.1. The number of hydrogen-bond donors (Lipinski definition) is 0. The summed E-state index contributed by atoms with van der Waals surface area (Å²) >= 11 is 0. The Morgan fingerprint density at radius 2 is 1.77 bits per heavy atom. The maximum absolute atomic E-state index is 2.25. The molecule has 13 heavy (non-hydrogen) atoms. The number of allylic oxidation sites excluding steroid dienone is 6. The van der Waals surface area contributed by atoms with E-state index in [0.717, 1.165) is 6.42 Å². The first-order valence-electron chi connectivity index (χ1n) is 5.24. The summed E-state index contributed by atoms with van der Waals surface area (Å²) in [7, 11) is 0. The Labute approximate surface area is 83.0 Å². The molecule has 0 amide bonds. The molecule has 74 valence electrons. The van der Waals surface area contributed by atoms with Crippen molar-refractivity contribution in [3.8, 4) is 0 Å². The lowest BCUT2D eigenvalue weighted by atomic mass is 10.0. The van der Waals surface area contributed by atoms with Gasteiger partial charge in [0.2, 0.25) is 0 Å². The van der Waals surface area contributed by atoms with Crippen molar-refractivity contribution in [3.63, 3.8) is 0 Å². The minimum atomic E-state index is 0.682. The van der Waals surface area contributed by atoms with Crippen LogP contribution in [0.25, 0.3) is 0 Å². The van der Waals surface area contributed by atoms with Crippen LogP contribution in [0.3, 0.4) is 0 Å². The van der Waals surface area contributed by atoms with Gasteiger partial charge in [-0.3, -0.25) is 0 Å². The van der Waals surface area contributed by atoms with Crippen LogP contribution in [0.4, 0.5) is 0 Å². The molecule has 0 radical (unpaired) electrons. The molecule has 0 fully saturated rings. The van der Waals surface area contributed by atoms with Crippen LogP contribution in [0.1, 0.15) is 41.0 Å². The molecule has 0 aromatic heterocycles. The molecular formula is C13H22. The lowest BCUT2D eigenvalue weighted by Crippen LogP contribution is -1.90. The Morgan fingerprint density at radius 1 is 1.15 bits per heavy atom. The van der Waals surface area contributed by atoms with E-state index in [2.05, 4.69) is 45.1 Å². The van der Waals surface area contributed by atoms with Crippen molar-refractivity contribution in [2.24, 2.45) is 5.92 Å². The molecule has 0 saturated heterocycles. The Hall–Kier alpha value is -0.780. The largest absolute Gasteiger partial charge is 0.0802 e. The summed E-state index contributed by atoms with van der Waals surface area (Å²) in [6.07, 6.45) is 9.99. The molecule has 1 aliphatic carbocycles. The van der Waals surface area contributed by atoms with Crippen molar-refractivity contribution in [2.75, 3.05) is 0 Å². The fourth-order valence-corrected chi connectivity index (χ4v) is 1.17. The molecule has 0 aromatic rings. The highest BCUT2D eigenvalue weighted by Gasteiger charge is 2.01. The second-order valence-corrected chi connectivity index (χ2v) is 3.41. The molecule has 0 bridgehead atoms. The molecule has 0 aromatic carbocycles. The molecular weight excluding hydrogens is 156 g/mol. The molecule has 0 unspecified atom stereocenters. The zero-order valence-corrected chi connectivity index (χ0v) is 9.59. The van der Waals surface area contributed by atoms with Crippen molar-refractivity contribution in [1.29, 1.82) is 0 Å². The van der Waals surface area contributed by atoms with E-state index in [9.17, 15) is 0 Å². The Kier molecular flexibility index (Phi) is 6.30. The third-order valence-electron chi connectivity index (χ3n) is 2.04. The van der Waals surface area contributed by atoms with Crippen LogP contribution in [-0.4, -0.2) is 0 Å². The first-order valence-corrected chi connectivity index (χ1v) is 5.24. The lowest BCUT2D eigenvalue weighted by molar-refractivity contribution is 0.748. The van der Waals surface area contributed by atoms with E-state index in [1.807, 2.05) is 13.8 Å². The Bertz CT molecular complexity index is 214. The SMILES string of the molecule is CC.CC1=CC=C(C(C)C)CC=C1. The van der Waals surface area contributed by atoms with Crippen LogP contribution >= 0.6 is 0 Å². The predicted molar refractivity (Wildman–Crippen MR) is 61.8 cm³/mol. The van der Waals surface area contributed by atoms with Gasteiger partial charge in [0.1, 0.15) is 0 Å². The van der Waals surface area contributed by atoms with Gasteiger partial charge in [-0.15, -0.1) is 0 Å². The quantitative estimate of drug-likeness (QED) is 0.554. The van der Waals surface area contributed by atoms with Crippen LogP contribution in [0, 0.1) is 5.92 Å². The third-order valence-corrected chi connectivity index (χ3v) is 2.04. The van der Waals surface area contributed by atoms with Crippen molar-refractivity contribution in [1.82, 2.24) is 0 Å². The fraction of sp³-hybridized carbons (Fsp3) is 0.538. The summed E-state index contributed by atoms with van der Waals surface area (Å²) in [5, 5.41) is 0. The second-order valence-electron chi connectivity index (χ2n) is 3.41. The van der Waals surface area contributed by atoms with Gasteiger partial charge >= 0.3 is 0 Å². The minimum absolute atomic E-state index is 0.682. The van der Waals surface area contributed by atoms with Gasteiger partial charge in [-0.05, 0) is 19.3 Å². The first-order chi connectivity index (χ1) is 6.20. The van der Waals surface area contributed by atoms with E-state index in [0.29, 0.717) is 5.92 Å². The summed E-state index contributed by atoms with van der Waals surface area (Å²) in [6.45, 7) is 10.6. The van der Waals surface area contributed by atoms with Crippen LogP contribution in [0.5, 0.6) is 0 Å². The zero-order valence-electron chi connectivity index (χ0n) is 9.59. The first kappa shape index (κ1) is 12.2. The van der Waals surface area contributed by atoms with Crippen LogP contribution in [-0.2, 0) is 0 Å². The van der Waals surface area contributed by atoms with Gasteiger partial charge in [-0.1, -0.05) is 63.1 Å². The zero-order chi connectivity index (χ0) is 10.3. The van der Waals surface area contributed by atoms with Gasteiger partial charge in [0, 0.05) is 0 Å². The van der Waals surface area contributed by atoms with Gasteiger partial charge in [-0.2, -0.15) is 0 Å². The average molecular weight is 178 g/mol. The molecule has 0 atom stereocenters. The second kappa shape index (κ2) is 6.71. The fourth-order valence-electron chi connectivity index (χ4n) is 1.17. The van der Waals surface area contributed by atoms with Gasteiger partial charge in [0.15, 0.2) is 0 Å². The van der Waals surface area contributed by atoms with Crippen molar-refractivity contribution in [2.45, 2.75) is 41.0 Å². The molecule has 0 heteroatoms. The maximum atomic E-state index is 2.25. The summed E-state index contributed by atoms with van der Waals surface area (Å²) in [5.41, 5.74) is 2.87. The molecule has 0 aliphatic heterocycles. The highest BCUT2D eigenvalue weighted by Crippen LogP contribution is 2.18. The molecule has 1 aliphatic rings. The minimum Gasteiger partial charge on any atom is -0.0802 e. The molecule has 1 rings (SSSR count). The van der Waals surface area contributed by atoms with Crippen molar-refractivity contribution < 1.29 is 0 Å². The van der Waals surface area contributed by atoms with E-state index in [4.69, 9.17) is 0 Å². The predicted octanol–water partition coefficient (Wildman–Crippen LogP) is 4.50. The lowest BCUT2D eigenvalue weighted by Gasteiger charge is -2.05. The molecule has 0 spiro atoms. The number of hydrogen-bond acceptors (Lipinski definition) is 0. The van der Waals surface area contributed by atoms with Gasteiger partial charge < -0.3 is 0 Å². The van der Waals surface area contributed by atoms with Crippen LogP contribution in [0.15, 0.2) is 35.5 Å². The van der Waals surface area contributed by atoms with Gasteiger partial charge in [-0.25, -0.2) is 0 Å². The van der Waals surface area contributed by atoms with Crippen LogP contribution in [0.2, 0.25) is 0 Å². The van der Waals surface area contributed by atoms with E-state index in [1.54, 1.807) is 0 Å². The highest BCUT2D eigenvalue weighted by molar-refractivity contribution is 5.29. The van der Waals surface area contributed by atoms with E-state index in [-0.39, 0.29) is 0 Å². The van der Waals surface area contributed by atoms with Gasteiger partial charge in [0.25, 0.3) is 0 Å². The van der Waals surface area contributed by atoms with Crippen LogP contribution < -0.4 is 0 Å². The number of rotatable bonds is 1. The Morgan fingerprint density at radius 3 is 2.31 bits per heavy atom.